The summed E-state index contributed by atoms with van der Waals surface area (Å²) in [5.74, 6) is 1.05. The summed E-state index contributed by atoms with van der Waals surface area (Å²) in [6.07, 6.45) is 26.9. The molecule has 2 nitrogen and oxygen atoms in total. The highest BCUT2D eigenvalue weighted by Crippen LogP contribution is 2.16. The van der Waals surface area contributed by atoms with Crippen LogP contribution in [0.3, 0.4) is 0 Å². The number of aromatic nitrogens is 2. The van der Waals surface area contributed by atoms with Gasteiger partial charge in [0.15, 0.2) is 24.8 Å². The predicted octanol–water partition coefficient (Wildman–Crippen LogP) is 6.95. The maximum Gasteiger partial charge on any atom is 0.169 e. The molecule has 0 radical (unpaired) electrons. The zero-order valence-corrected chi connectivity index (χ0v) is 20.2. The molecule has 0 spiro atoms. The van der Waals surface area contributed by atoms with Crippen LogP contribution in [-0.4, -0.2) is 5.75 Å². The molecule has 0 N–H and O–H groups in total. The van der Waals surface area contributed by atoms with Crippen molar-refractivity contribution >= 4 is 12.6 Å². The van der Waals surface area contributed by atoms with E-state index in [0.29, 0.717) is 0 Å². The first-order valence-corrected chi connectivity index (χ1v) is 13.1. The van der Waals surface area contributed by atoms with Gasteiger partial charge in [-0.15, -0.1) is 0 Å². The Morgan fingerprint density at radius 2 is 0.900 bits per heavy atom. The molecule has 0 aromatic carbocycles. The van der Waals surface area contributed by atoms with Gasteiger partial charge in [-0.1, -0.05) is 64.2 Å². The maximum absolute atomic E-state index is 4.27. The summed E-state index contributed by atoms with van der Waals surface area (Å²) in [6, 6.07) is 8.89. The zero-order valence-electron chi connectivity index (χ0n) is 19.3. The average Bonchev–Trinajstić information content (AvgIpc) is 2.80. The normalized spacial score (nSPS) is 11.1. The van der Waals surface area contributed by atoms with Crippen LogP contribution in [0, 0.1) is 0 Å². The molecule has 0 bridgehead atoms. The van der Waals surface area contributed by atoms with Crippen molar-refractivity contribution in [3.8, 4) is 11.1 Å². The van der Waals surface area contributed by atoms with Gasteiger partial charge in [-0.25, -0.2) is 9.13 Å². The van der Waals surface area contributed by atoms with Gasteiger partial charge in [0.05, 0.1) is 0 Å². The number of thiol groups is 1. The standard InChI is InChI=1S/C27H43N2S/c1-2-28-21-16-26(17-22-28)27-18-23-29(24-19-27)20-14-12-10-8-6-4-3-5-7-9-11-13-15-25-30/h16-19,21-24H,2-15,20,25H2,1H3/q+1/p+1. The molecule has 0 atom stereocenters. The van der Waals surface area contributed by atoms with E-state index >= 15 is 0 Å². The molecule has 0 unspecified atom stereocenters. The minimum Gasteiger partial charge on any atom is -0.205 e. The van der Waals surface area contributed by atoms with Gasteiger partial charge >= 0.3 is 0 Å². The molecule has 166 valence electrons. The molecule has 0 aliphatic rings. The monoisotopic (exact) mass is 428 g/mol. The van der Waals surface area contributed by atoms with Crippen molar-refractivity contribution in [3.05, 3.63) is 49.1 Å². The van der Waals surface area contributed by atoms with E-state index in [1.54, 1.807) is 0 Å². The topological polar surface area (TPSA) is 7.76 Å². The Balaban J connectivity index is 1.46. The molecule has 2 aromatic rings. The summed E-state index contributed by atoms with van der Waals surface area (Å²) in [5.41, 5.74) is 2.59. The van der Waals surface area contributed by atoms with Crippen LogP contribution < -0.4 is 9.13 Å². The predicted molar refractivity (Wildman–Crippen MR) is 132 cm³/mol. The van der Waals surface area contributed by atoms with Crippen LogP contribution in [-0.2, 0) is 13.1 Å². The van der Waals surface area contributed by atoms with Crippen LogP contribution in [0.4, 0.5) is 0 Å². The minimum atomic E-state index is 1.02. The lowest BCUT2D eigenvalue weighted by Crippen LogP contribution is -2.32. The van der Waals surface area contributed by atoms with Crippen molar-refractivity contribution in [1.82, 2.24) is 0 Å². The molecule has 0 saturated heterocycles. The van der Waals surface area contributed by atoms with E-state index in [1.807, 2.05) is 0 Å². The molecular formula is C27H44N2S+2. The quantitative estimate of drug-likeness (QED) is 0.158. The maximum atomic E-state index is 4.27. The van der Waals surface area contributed by atoms with E-state index in [9.17, 15) is 0 Å². The minimum absolute atomic E-state index is 1.02. The van der Waals surface area contributed by atoms with Crippen LogP contribution in [0.5, 0.6) is 0 Å². The number of hydrogen-bond acceptors (Lipinski definition) is 1. The summed E-state index contributed by atoms with van der Waals surface area (Å²) < 4.78 is 4.52. The fourth-order valence-electron chi connectivity index (χ4n) is 4.01. The van der Waals surface area contributed by atoms with Crippen LogP contribution in [0.25, 0.3) is 11.1 Å². The van der Waals surface area contributed by atoms with Crippen molar-refractivity contribution in [2.75, 3.05) is 5.75 Å². The third-order valence-corrected chi connectivity index (χ3v) is 6.37. The van der Waals surface area contributed by atoms with E-state index < -0.39 is 0 Å². The number of hydrogen-bond donors (Lipinski definition) is 1. The fraction of sp³-hybridized carbons (Fsp3) is 0.630. The lowest BCUT2D eigenvalue weighted by Gasteiger charge is -2.03. The van der Waals surface area contributed by atoms with Gasteiger partial charge in [0.1, 0.15) is 13.1 Å². The van der Waals surface area contributed by atoms with E-state index in [-0.39, 0.29) is 0 Å². The second kappa shape index (κ2) is 16.4. The third-order valence-electron chi connectivity index (χ3n) is 6.06. The lowest BCUT2D eigenvalue weighted by atomic mass is 10.0. The third kappa shape index (κ3) is 10.6. The first-order chi connectivity index (χ1) is 14.8. The van der Waals surface area contributed by atoms with Gasteiger partial charge in [-0.3, -0.25) is 0 Å². The molecule has 0 fully saturated rings. The molecule has 0 saturated carbocycles. The van der Waals surface area contributed by atoms with Gasteiger partial charge in [0, 0.05) is 30.7 Å². The molecule has 30 heavy (non-hydrogen) atoms. The largest absolute Gasteiger partial charge is 0.205 e. The van der Waals surface area contributed by atoms with Crippen LogP contribution in [0.1, 0.15) is 90.4 Å². The Morgan fingerprint density at radius 3 is 1.30 bits per heavy atom. The van der Waals surface area contributed by atoms with E-state index in [0.717, 1.165) is 18.8 Å². The summed E-state index contributed by atoms with van der Waals surface area (Å²) in [7, 11) is 0. The van der Waals surface area contributed by atoms with Crippen molar-refractivity contribution in [2.24, 2.45) is 0 Å². The smallest absolute Gasteiger partial charge is 0.169 e. The Hall–Kier alpha value is -1.35. The lowest BCUT2D eigenvalue weighted by molar-refractivity contribution is -0.697. The number of pyridine rings is 2. The molecular weight excluding hydrogens is 384 g/mol. The van der Waals surface area contributed by atoms with Gasteiger partial charge in [-0.05, 0) is 36.6 Å². The molecule has 2 aromatic heterocycles. The summed E-state index contributed by atoms with van der Waals surface area (Å²) in [5, 5.41) is 0. The second-order valence-electron chi connectivity index (χ2n) is 8.56. The van der Waals surface area contributed by atoms with Crippen molar-refractivity contribution < 1.29 is 9.13 Å². The Morgan fingerprint density at radius 1 is 0.533 bits per heavy atom. The van der Waals surface area contributed by atoms with E-state index in [4.69, 9.17) is 0 Å². The van der Waals surface area contributed by atoms with Gasteiger partial charge in [0.25, 0.3) is 0 Å². The summed E-state index contributed by atoms with van der Waals surface area (Å²) in [6.45, 7) is 4.32. The second-order valence-corrected chi connectivity index (χ2v) is 9.01. The van der Waals surface area contributed by atoms with Gasteiger partial charge in [0.2, 0.25) is 0 Å². The number of unbranched alkanes of at least 4 members (excludes halogenated alkanes) is 12. The zero-order chi connectivity index (χ0) is 21.3. The highest BCUT2D eigenvalue weighted by molar-refractivity contribution is 7.80. The highest BCUT2D eigenvalue weighted by atomic mass is 32.1. The molecule has 3 heteroatoms. The van der Waals surface area contributed by atoms with Crippen LogP contribution >= 0.6 is 12.6 Å². The summed E-state index contributed by atoms with van der Waals surface area (Å²) >= 11 is 4.27. The summed E-state index contributed by atoms with van der Waals surface area (Å²) in [4.78, 5) is 0. The SMILES string of the molecule is CC[n+]1ccc(-c2cc[n+](CCCCCCCCCCCCCCCS)cc2)cc1. The number of nitrogens with zero attached hydrogens (tertiary/aromatic N) is 2. The fourth-order valence-corrected chi connectivity index (χ4v) is 4.23. The Bertz CT molecular complexity index is 652. The van der Waals surface area contributed by atoms with Crippen LogP contribution in [0.15, 0.2) is 49.1 Å². The van der Waals surface area contributed by atoms with Gasteiger partial charge < -0.3 is 0 Å². The molecule has 0 aliphatic carbocycles. The Labute approximate surface area is 191 Å². The highest BCUT2D eigenvalue weighted by Gasteiger charge is 2.05. The first kappa shape index (κ1) is 24.9. The van der Waals surface area contributed by atoms with Crippen LogP contribution in [0.2, 0.25) is 0 Å². The van der Waals surface area contributed by atoms with E-state index in [1.165, 1.54) is 94.6 Å². The molecule has 0 amide bonds. The molecule has 2 heterocycles. The van der Waals surface area contributed by atoms with Crippen molar-refractivity contribution in [1.29, 1.82) is 0 Å². The first-order valence-electron chi connectivity index (χ1n) is 12.4. The molecule has 0 aliphatic heterocycles. The van der Waals surface area contributed by atoms with Crippen molar-refractivity contribution in [2.45, 2.75) is 103 Å². The van der Waals surface area contributed by atoms with Crippen molar-refractivity contribution in [3.63, 3.8) is 0 Å². The van der Waals surface area contributed by atoms with Gasteiger partial charge in [-0.2, -0.15) is 12.6 Å². The van der Waals surface area contributed by atoms with E-state index in [2.05, 4.69) is 77.7 Å². The number of rotatable bonds is 17. The number of aryl methyl sites for hydroxylation is 2. The average molecular weight is 429 g/mol. The Kier molecular flexibility index (Phi) is 13.6. The molecule has 2 rings (SSSR count).